The Kier molecular flexibility index (Phi) is 36.1. The molecule has 0 aromatic rings. The summed E-state index contributed by atoms with van der Waals surface area (Å²) in [5, 5.41) is 0. The second kappa shape index (κ2) is 36.6. The molecule has 250 valence electrons. The van der Waals surface area contributed by atoms with E-state index in [-0.39, 0.29) is 0 Å². The quantitative estimate of drug-likeness (QED) is 0.0525. The Balaban J connectivity index is 3.62. The van der Waals surface area contributed by atoms with Crippen LogP contribution in [0.3, 0.4) is 0 Å². The molecule has 0 heterocycles. The molecule has 0 radical (unpaired) electrons. The highest BCUT2D eigenvalue weighted by Gasteiger charge is 2.16. The fourth-order valence-corrected chi connectivity index (χ4v) is 6.49. The highest BCUT2D eigenvalue weighted by Crippen LogP contribution is 2.22. The van der Waals surface area contributed by atoms with Gasteiger partial charge in [-0.05, 0) is 44.9 Å². The van der Waals surface area contributed by atoms with Gasteiger partial charge in [0.2, 0.25) is 0 Å². The Morgan fingerprint density at radius 2 is 0.667 bits per heavy atom. The first kappa shape index (κ1) is 41.4. The predicted molar refractivity (Wildman–Crippen MR) is 192 cm³/mol. The molecule has 0 N–H and O–H groups in total. The van der Waals surface area contributed by atoms with E-state index in [0.717, 1.165) is 25.7 Å². The van der Waals surface area contributed by atoms with Gasteiger partial charge in [0.1, 0.15) is 5.78 Å². The van der Waals surface area contributed by atoms with E-state index in [1.807, 2.05) is 0 Å². The van der Waals surface area contributed by atoms with E-state index in [9.17, 15) is 4.79 Å². The minimum Gasteiger partial charge on any atom is -0.299 e. The number of hydrogen-bond acceptors (Lipinski definition) is 1. The molecule has 0 aliphatic heterocycles. The topological polar surface area (TPSA) is 17.1 Å². The van der Waals surface area contributed by atoms with Gasteiger partial charge in [-0.25, -0.2) is 0 Å². The van der Waals surface area contributed by atoms with Crippen LogP contribution in [0.5, 0.6) is 0 Å². The molecule has 0 saturated carbocycles. The van der Waals surface area contributed by atoms with Crippen LogP contribution in [-0.4, -0.2) is 5.78 Å². The molecule has 0 rings (SSSR count). The standard InChI is InChI=1S/C41H80O/c1-4-7-9-11-13-15-17-19-21-23-25-27-29-31-33-35-38-40(41(42)37-6-3)39-36-34-32-30-28-26-24-22-20-18-16-14-12-10-8-5-2/h19,21,40H,4-18,20,22-39H2,1-3H3/b21-19-. The van der Waals surface area contributed by atoms with Crippen molar-refractivity contribution in [3.63, 3.8) is 0 Å². The van der Waals surface area contributed by atoms with Crippen LogP contribution in [0, 0.1) is 5.92 Å². The third-order valence-corrected chi connectivity index (χ3v) is 9.42. The minimum absolute atomic E-state index is 0.355. The van der Waals surface area contributed by atoms with Crippen LogP contribution in [0.1, 0.15) is 239 Å². The van der Waals surface area contributed by atoms with Gasteiger partial charge in [-0.2, -0.15) is 0 Å². The molecule has 0 aliphatic carbocycles. The molecular weight excluding hydrogens is 508 g/mol. The van der Waals surface area contributed by atoms with Gasteiger partial charge in [-0.3, -0.25) is 4.79 Å². The molecule has 0 aromatic carbocycles. The summed E-state index contributed by atoms with van der Waals surface area (Å²) in [6.45, 7) is 6.75. The highest BCUT2D eigenvalue weighted by molar-refractivity contribution is 5.80. The molecule has 1 heteroatoms. The molecule has 0 aliphatic rings. The predicted octanol–water partition coefficient (Wildman–Crippen LogP) is 15.1. The number of allylic oxidation sites excluding steroid dienone is 2. The number of Topliss-reactive ketones (excluding diaryl/α,β-unsaturated/α-hetero) is 1. The Bertz CT molecular complexity index is 535. The fraction of sp³-hybridized carbons (Fsp3) is 0.927. The van der Waals surface area contributed by atoms with Gasteiger partial charge in [0.25, 0.3) is 0 Å². The average molecular weight is 589 g/mol. The van der Waals surface area contributed by atoms with Gasteiger partial charge < -0.3 is 0 Å². The first-order valence-corrected chi connectivity index (χ1v) is 19.9. The summed E-state index contributed by atoms with van der Waals surface area (Å²) >= 11 is 0. The first-order valence-electron chi connectivity index (χ1n) is 19.9. The number of unbranched alkanes of at least 4 members (excludes halogenated alkanes) is 27. The lowest BCUT2D eigenvalue weighted by atomic mass is 9.89. The lowest BCUT2D eigenvalue weighted by molar-refractivity contribution is -0.123. The smallest absolute Gasteiger partial charge is 0.135 e. The molecule has 0 saturated heterocycles. The van der Waals surface area contributed by atoms with Crippen LogP contribution in [0.2, 0.25) is 0 Å². The van der Waals surface area contributed by atoms with Crippen molar-refractivity contribution in [1.82, 2.24) is 0 Å². The maximum atomic E-state index is 12.7. The number of hydrogen-bond donors (Lipinski definition) is 0. The van der Waals surface area contributed by atoms with Crippen molar-refractivity contribution in [2.75, 3.05) is 0 Å². The van der Waals surface area contributed by atoms with E-state index in [2.05, 4.69) is 32.9 Å². The molecule has 1 nitrogen and oxygen atoms in total. The summed E-state index contributed by atoms with van der Waals surface area (Å²) in [7, 11) is 0. The first-order chi connectivity index (χ1) is 20.8. The van der Waals surface area contributed by atoms with Gasteiger partial charge in [0.15, 0.2) is 0 Å². The zero-order valence-electron chi connectivity index (χ0n) is 29.7. The fourth-order valence-electron chi connectivity index (χ4n) is 6.49. The highest BCUT2D eigenvalue weighted by atomic mass is 16.1. The number of ketones is 1. The van der Waals surface area contributed by atoms with E-state index in [4.69, 9.17) is 0 Å². The maximum absolute atomic E-state index is 12.7. The third kappa shape index (κ3) is 32.3. The molecule has 0 spiro atoms. The number of rotatable bonds is 36. The summed E-state index contributed by atoms with van der Waals surface area (Å²) in [4.78, 5) is 12.7. The lowest BCUT2D eigenvalue weighted by Crippen LogP contribution is -2.14. The van der Waals surface area contributed by atoms with Crippen LogP contribution >= 0.6 is 0 Å². The molecular formula is C41H80O. The molecule has 0 fully saturated rings. The second-order valence-electron chi connectivity index (χ2n) is 13.7. The Hall–Kier alpha value is -0.590. The maximum Gasteiger partial charge on any atom is 0.135 e. The van der Waals surface area contributed by atoms with Crippen LogP contribution in [0.15, 0.2) is 12.2 Å². The van der Waals surface area contributed by atoms with E-state index in [1.165, 1.54) is 193 Å². The van der Waals surface area contributed by atoms with Crippen molar-refractivity contribution in [1.29, 1.82) is 0 Å². The van der Waals surface area contributed by atoms with Crippen molar-refractivity contribution in [3.8, 4) is 0 Å². The van der Waals surface area contributed by atoms with Gasteiger partial charge >= 0.3 is 0 Å². The van der Waals surface area contributed by atoms with Crippen molar-refractivity contribution in [3.05, 3.63) is 12.2 Å². The lowest BCUT2D eigenvalue weighted by Gasteiger charge is -2.15. The van der Waals surface area contributed by atoms with Gasteiger partial charge in [0, 0.05) is 12.3 Å². The minimum atomic E-state index is 0.355. The van der Waals surface area contributed by atoms with Crippen LogP contribution in [0.25, 0.3) is 0 Å². The molecule has 1 unspecified atom stereocenters. The summed E-state index contributed by atoms with van der Waals surface area (Å²) in [6.07, 6.45) is 50.6. The molecule has 1 atom stereocenters. The summed E-state index contributed by atoms with van der Waals surface area (Å²) in [6, 6.07) is 0. The summed E-state index contributed by atoms with van der Waals surface area (Å²) < 4.78 is 0. The molecule has 0 aromatic heterocycles. The Morgan fingerprint density at radius 3 is 0.976 bits per heavy atom. The summed E-state index contributed by atoms with van der Waals surface area (Å²) in [5.74, 6) is 0.916. The van der Waals surface area contributed by atoms with E-state index >= 15 is 0 Å². The Labute approximate surface area is 267 Å². The van der Waals surface area contributed by atoms with Crippen LogP contribution < -0.4 is 0 Å². The average Bonchev–Trinajstić information content (AvgIpc) is 2.99. The summed E-state index contributed by atoms with van der Waals surface area (Å²) in [5.41, 5.74) is 0. The molecule has 42 heavy (non-hydrogen) atoms. The van der Waals surface area contributed by atoms with Gasteiger partial charge in [-0.15, -0.1) is 0 Å². The van der Waals surface area contributed by atoms with E-state index < -0.39 is 0 Å². The van der Waals surface area contributed by atoms with Gasteiger partial charge in [-0.1, -0.05) is 200 Å². The third-order valence-electron chi connectivity index (χ3n) is 9.42. The van der Waals surface area contributed by atoms with Crippen LogP contribution in [0.4, 0.5) is 0 Å². The van der Waals surface area contributed by atoms with E-state index in [0.29, 0.717) is 11.7 Å². The van der Waals surface area contributed by atoms with Crippen LogP contribution in [-0.2, 0) is 4.79 Å². The largest absolute Gasteiger partial charge is 0.299 e. The zero-order valence-corrected chi connectivity index (χ0v) is 29.7. The molecule has 0 amide bonds. The van der Waals surface area contributed by atoms with Crippen molar-refractivity contribution in [2.24, 2.45) is 5.92 Å². The number of carbonyl (C=O) groups is 1. The monoisotopic (exact) mass is 589 g/mol. The van der Waals surface area contributed by atoms with E-state index in [1.54, 1.807) is 0 Å². The second-order valence-corrected chi connectivity index (χ2v) is 13.7. The zero-order chi connectivity index (χ0) is 30.6. The van der Waals surface area contributed by atoms with Crippen molar-refractivity contribution in [2.45, 2.75) is 239 Å². The molecule has 0 bridgehead atoms. The SMILES string of the molecule is CCCCCCCC/C=C\CCCCCCCCC(CCCCCCCCCCCCCCCCCC)C(=O)CCC. The van der Waals surface area contributed by atoms with Crippen molar-refractivity contribution < 1.29 is 4.79 Å². The van der Waals surface area contributed by atoms with Gasteiger partial charge in [0.05, 0.1) is 0 Å². The normalized spacial score (nSPS) is 12.5. The van der Waals surface area contributed by atoms with Crippen molar-refractivity contribution >= 4 is 5.78 Å². The number of carbonyl (C=O) groups excluding carboxylic acids is 1. The Morgan fingerprint density at radius 1 is 0.381 bits per heavy atom.